The Morgan fingerprint density at radius 2 is 1.51 bits per heavy atom. The molecule has 0 N–H and O–H groups in total. The average Bonchev–Trinajstić information content (AvgIpc) is 3.44. The number of carbonyl (C=O) groups excluding carboxylic acids is 1. The monoisotopic (exact) mass is 512 g/mol. The van der Waals surface area contributed by atoms with E-state index >= 15 is 0 Å². The number of hydrogen-bond acceptors (Lipinski definition) is 8. The maximum atomic E-state index is 13.3. The first-order valence-corrected chi connectivity index (χ1v) is 12.4. The van der Waals surface area contributed by atoms with E-state index in [1.165, 1.54) is 11.3 Å². The molecule has 0 spiro atoms. The molecule has 2 aromatic heterocycles. The van der Waals surface area contributed by atoms with Gasteiger partial charge < -0.3 is 18.9 Å². The Hall–Kier alpha value is -4.43. The predicted octanol–water partition coefficient (Wildman–Crippen LogP) is 6.41. The Bertz CT molecular complexity index is 1540. The van der Waals surface area contributed by atoms with Gasteiger partial charge in [-0.2, -0.15) is 0 Å². The maximum absolute atomic E-state index is 13.3. The smallest absolute Gasteiger partial charge is 0.339 e. The molecule has 0 aliphatic rings. The highest BCUT2D eigenvalue weighted by Crippen LogP contribution is 2.41. The summed E-state index contributed by atoms with van der Waals surface area (Å²) >= 11 is 1.52. The zero-order chi connectivity index (χ0) is 25.8. The third-order valence-electron chi connectivity index (χ3n) is 5.82. The van der Waals surface area contributed by atoms with Crippen molar-refractivity contribution in [3.63, 3.8) is 0 Å². The number of rotatable bonds is 8. The summed E-state index contributed by atoms with van der Waals surface area (Å²) in [5.41, 5.74) is 4.08. The maximum Gasteiger partial charge on any atom is 0.339 e. The molecule has 3 aromatic carbocycles. The Labute approximate surface area is 218 Å². The molecule has 0 unspecified atom stereocenters. The first-order chi connectivity index (χ1) is 18.1. The topological polar surface area (TPSA) is 79.8 Å². The number of aromatic nitrogens is 2. The lowest BCUT2D eigenvalue weighted by atomic mass is 10.0. The zero-order valence-electron chi connectivity index (χ0n) is 20.6. The number of thiazole rings is 1. The van der Waals surface area contributed by atoms with Crippen molar-refractivity contribution in [3.8, 4) is 39.1 Å². The zero-order valence-corrected chi connectivity index (χ0v) is 21.4. The molecule has 37 heavy (non-hydrogen) atoms. The lowest BCUT2D eigenvalue weighted by Crippen LogP contribution is -2.07. The number of pyridine rings is 1. The number of esters is 1. The van der Waals surface area contributed by atoms with Crippen molar-refractivity contribution < 1.29 is 23.7 Å². The minimum atomic E-state index is -0.457. The molecule has 0 saturated carbocycles. The molecule has 8 heteroatoms. The standard InChI is InChI=1S/C29H24N2O5S/c1-33-25-13-19(14-26(34-2)27(25)35-3)24-15-22(21-11-7-8-12-23(21)31-24)29(32)36-16-20-17-37-28(30-20)18-9-5-4-6-10-18/h4-15,17H,16H2,1-3H3. The summed E-state index contributed by atoms with van der Waals surface area (Å²) in [6.07, 6.45) is 0. The highest BCUT2D eigenvalue weighted by atomic mass is 32.1. The van der Waals surface area contributed by atoms with Crippen LogP contribution in [0, 0.1) is 0 Å². The van der Waals surface area contributed by atoms with Gasteiger partial charge in [-0.05, 0) is 24.3 Å². The van der Waals surface area contributed by atoms with Gasteiger partial charge in [-0.3, -0.25) is 0 Å². The molecular formula is C29H24N2O5S. The number of methoxy groups -OCH3 is 3. The van der Waals surface area contributed by atoms with Crippen LogP contribution in [0.3, 0.4) is 0 Å². The van der Waals surface area contributed by atoms with Gasteiger partial charge >= 0.3 is 5.97 Å². The molecule has 186 valence electrons. The number of nitrogens with zero attached hydrogens (tertiary/aromatic N) is 2. The highest BCUT2D eigenvalue weighted by molar-refractivity contribution is 7.13. The molecule has 0 atom stereocenters. The van der Waals surface area contributed by atoms with Gasteiger partial charge in [0.25, 0.3) is 0 Å². The summed E-state index contributed by atoms with van der Waals surface area (Å²) in [6, 6.07) is 22.7. The lowest BCUT2D eigenvalue weighted by Gasteiger charge is -2.15. The SMILES string of the molecule is COc1cc(-c2cc(C(=O)OCc3csc(-c4ccccc4)n3)c3ccccc3n2)cc(OC)c1OC. The van der Waals surface area contributed by atoms with Crippen LogP contribution < -0.4 is 14.2 Å². The Morgan fingerprint density at radius 1 is 0.811 bits per heavy atom. The summed E-state index contributed by atoms with van der Waals surface area (Å²) < 4.78 is 22.1. The summed E-state index contributed by atoms with van der Waals surface area (Å²) in [5.74, 6) is 1.01. The number of hydrogen-bond donors (Lipinski definition) is 0. The molecule has 2 heterocycles. The molecule has 5 aromatic rings. The normalized spacial score (nSPS) is 10.8. The van der Waals surface area contributed by atoms with Gasteiger partial charge in [-0.15, -0.1) is 11.3 Å². The van der Waals surface area contributed by atoms with Crippen LogP contribution in [0.15, 0.2) is 78.2 Å². The quantitative estimate of drug-likeness (QED) is 0.222. The van der Waals surface area contributed by atoms with Crippen LogP contribution in [0.1, 0.15) is 16.1 Å². The van der Waals surface area contributed by atoms with Crippen LogP contribution >= 0.6 is 11.3 Å². The summed E-state index contributed by atoms with van der Waals surface area (Å²) in [5, 5.41) is 3.49. The summed E-state index contributed by atoms with van der Waals surface area (Å²) in [4.78, 5) is 22.7. The molecule has 0 fully saturated rings. The van der Waals surface area contributed by atoms with Gasteiger partial charge in [0.2, 0.25) is 5.75 Å². The minimum Gasteiger partial charge on any atom is -0.493 e. The number of para-hydroxylation sites is 1. The van der Waals surface area contributed by atoms with Gasteiger partial charge in [-0.25, -0.2) is 14.8 Å². The van der Waals surface area contributed by atoms with E-state index in [2.05, 4.69) is 4.98 Å². The van der Waals surface area contributed by atoms with Crippen LogP contribution in [0.2, 0.25) is 0 Å². The number of carbonyl (C=O) groups is 1. The number of benzene rings is 3. The van der Waals surface area contributed by atoms with Crippen LogP contribution in [-0.2, 0) is 11.3 Å². The van der Waals surface area contributed by atoms with Gasteiger partial charge in [-0.1, -0.05) is 48.5 Å². The summed E-state index contributed by atoms with van der Waals surface area (Å²) in [7, 11) is 4.66. The molecule has 5 rings (SSSR count). The third kappa shape index (κ3) is 4.96. The predicted molar refractivity (Wildman–Crippen MR) is 144 cm³/mol. The van der Waals surface area contributed by atoms with Crippen molar-refractivity contribution in [2.24, 2.45) is 0 Å². The molecular weight excluding hydrogens is 488 g/mol. The third-order valence-corrected chi connectivity index (χ3v) is 6.76. The Morgan fingerprint density at radius 3 is 2.22 bits per heavy atom. The number of ether oxygens (including phenoxy) is 4. The van der Waals surface area contributed by atoms with E-state index in [0.717, 1.165) is 10.6 Å². The van der Waals surface area contributed by atoms with E-state index < -0.39 is 5.97 Å². The molecule has 7 nitrogen and oxygen atoms in total. The Balaban J connectivity index is 1.47. The average molecular weight is 513 g/mol. The van der Waals surface area contributed by atoms with Crippen LogP contribution in [-0.4, -0.2) is 37.3 Å². The van der Waals surface area contributed by atoms with Crippen LogP contribution in [0.25, 0.3) is 32.7 Å². The van der Waals surface area contributed by atoms with Gasteiger partial charge in [0.1, 0.15) is 11.6 Å². The van der Waals surface area contributed by atoms with Gasteiger partial charge in [0, 0.05) is 21.9 Å². The molecule has 0 aliphatic carbocycles. The van der Waals surface area contributed by atoms with Crippen LogP contribution in [0.5, 0.6) is 17.2 Å². The molecule has 0 saturated heterocycles. The fraction of sp³-hybridized carbons (Fsp3) is 0.138. The van der Waals surface area contributed by atoms with E-state index in [4.69, 9.17) is 23.9 Å². The Kier molecular flexibility index (Phi) is 7.00. The second-order valence-corrected chi connectivity index (χ2v) is 8.93. The number of fused-ring (bicyclic) bond motifs is 1. The van der Waals surface area contributed by atoms with E-state index in [9.17, 15) is 4.79 Å². The van der Waals surface area contributed by atoms with Gasteiger partial charge in [0.05, 0.1) is 43.8 Å². The molecule has 0 bridgehead atoms. The van der Waals surface area contributed by atoms with Gasteiger partial charge in [0.15, 0.2) is 11.5 Å². The van der Waals surface area contributed by atoms with Crippen molar-refractivity contribution in [1.82, 2.24) is 9.97 Å². The van der Waals surface area contributed by atoms with E-state index in [-0.39, 0.29) is 6.61 Å². The highest BCUT2D eigenvalue weighted by Gasteiger charge is 2.19. The largest absolute Gasteiger partial charge is 0.493 e. The van der Waals surface area contributed by atoms with E-state index in [1.54, 1.807) is 39.5 Å². The first-order valence-electron chi connectivity index (χ1n) is 11.5. The van der Waals surface area contributed by atoms with E-state index in [0.29, 0.717) is 50.7 Å². The van der Waals surface area contributed by atoms with Crippen molar-refractivity contribution in [2.75, 3.05) is 21.3 Å². The fourth-order valence-electron chi connectivity index (χ4n) is 4.02. The van der Waals surface area contributed by atoms with E-state index in [1.807, 2.05) is 60.0 Å². The second-order valence-electron chi connectivity index (χ2n) is 8.07. The summed E-state index contributed by atoms with van der Waals surface area (Å²) in [6.45, 7) is 0.0678. The molecule has 0 amide bonds. The van der Waals surface area contributed by atoms with Crippen LogP contribution in [0.4, 0.5) is 0 Å². The van der Waals surface area contributed by atoms with Crippen molar-refractivity contribution in [2.45, 2.75) is 6.61 Å². The van der Waals surface area contributed by atoms with Crippen molar-refractivity contribution >= 4 is 28.2 Å². The molecule has 0 aliphatic heterocycles. The first kappa shape index (κ1) is 24.3. The fourth-order valence-corrected chi connectivity index (χ4v) is 4.84. The lowest BCUT2D eigenvalue weighted by molar-refractivity contribution is 0.0471. The van der Waals surface area contributed by atoms with Crippen molar-refractivity contribution in [1.29, 1.82) is 0 Å². The minimum absolute atomic E-state index is 0.0678. The second kappa shape index (κ2) is 10.7. The van der Waals surface area contributed by atoms with Crippen molar-refractivity contribution in [3.05, 3.63) is 89.4 Å². The molecule has 0 radical (unpaired) electrons.